The van der Waals surface area contributed by atoms with Crippen molar-refractivity contribution in [1.82, 2.24) is 0 Å². The van der Waals surface area contributed by atoms with Gasteiger partial charge in [-0.3, -0.25) is 0 Å². The van der Waals surface area contributed by atoms with Gasteiger partial charge in [0.2, 0.25) is 0 Å². The molecule has 1 unspecified atom stereocenters. The lowest BCUT2D eigenvalue weighted by molar-refractivity contribution is 1.03. The molecule has 1 nitrogen and oxygen atoms in total. The van der Waals surface area contributed by atoms with Crippen LogP contribution >= 0.6 is 27.5 Å². The summed E-state index contributed by atoms with van der Waals surface area (Å²) in [6.45, 7) is 3.88. The molecule has 0 fully saturated rings. The van der Waals surface area contributed by atoms with Crippen LogP contribution in [0, 0.1) is 19.3 Å². The Morgan fingerprint density at radius 2 is 2.21 bits per heavy atom. The van der Waals surface area contributed by atoms with E-state index in [0.29, 0.717) is 0 Å². The maximum Gasteiger partial charge on any atom is 0.0846 e. The van der Waals surface area contributed by atoms with Gasteiger partial charge in [0.25, 0.3) is 0 Å². The van der Waals surface area contributed by atoms with E-state index in [9.17, 15) is 0 Å². The zero-order valence-electron chi connectivity index (χ0n) is 8.07. The summed E-state index contributed by atoms with van der Waals surface area (Å²) < 4.78 is 0.974. The van der Waals surface area contributed by atoms with Crippen molar-refractivity contribution in [3.8, 4) is 12.3 Å². The molecule has 0 saturated carbocycles. The van der Waals surface area contributed by atoms with Crippen LogP contribution < -0.4 is 5.32 Å². The van der Waals surface area contributed by atoms with E-state index in [4.69, 9.17) is 18.0 Å². The lowest BCUT2D eigenvalue weighted by Crippen LogP contribution is -2.12. The molecule has 74 valence electrons. The van der Waals surface area contributed by atoms with E-state index in [1.54, 1.807) is 0 Å². The van der Waals surface area contributed by atoms with E-state index in [1.807, 2.05) is 26.0 Å². The fraction of sp³-hybridized carbons (Fsp3) is 0.273. The molecule has 14 heavy (non-hydrogen) atoms. The number of terminal acetylenes is 1. The van der Waals surface area contributed by atoms with Crippen molar-refractivity contribution < 1.29 is 0 Å². The van der Waals surface area contributed by atoms with Crippen LogP contribution in [0.15, 0.2) is 16.6 Å². The van der Waals surface area contributed by atoms with E-state index in [2.05, 4.69) is 27.2 Å². The summed E-state index contributed by atoms with van der Waals surface area (Å²) in [5.74, 6) is 2.60. The molecule has 1 aromatic carbocycles. The smallest absolute Gasteiger partial charge is 0.0846 e. The van der Waals surface area contributed by atoms with E-state index in [0.717, 1.165) is 20.7 Å². The Labute approximate surface area is 98.0 Å². The summed E-state index contributed by atoms with van der Waals surface area (Å²) in [5.41, 5.74) is 1.96. The third kappa shape index (κ3) is 2.67. The number of rotatable bonds is 2. The van der Waals surface area contributed by atoms with Crippen molar-refractivity contribution in [2.24, 2.45) is 0 Å². The van der Waals surface area contributed by atoms with Gasteiger partial charge in [0, 0.05) is 9.50 Å². The van der Waals surface area contributed by atoms with Crippen LogP contribution in [0.4, 0.5) is 5.69 Å². The molecule has 0 amide bonds. The van der Waals surface area contributed by atoms with Crippen LogP contribution in [0.5, 0.6) is 0 Å². The van der Waals surface area contributed by atoms with E-state index in [-0.39, 0.29) is 6.04 Å². The molecule has 0 radical (unpaired) electrons. The maximum atomic E-state index is 6.00. The highest BCUT2D eigenvalue weighted by molar-refractivity contribution is 9.10. The molecule has 0 aliphatic heterocycles. The van der Waals surface area contributed by atoms with Crippen LogP contribution in [0.1, 0.15) is 12.5 Å². The quantitative estimate of drug-likeness (QED) is 0.807. The highest BCUT2D eigenvalue weighted by Gasteiger charge is 2.05. The Balaban J connectivity index is 2.99. The molecule has 0 aliphatic carbocycles. The van der Waals surface area contributed by atoms with Gasteiger partial charge >= 0.3 is 0 Å². The largest absolute Gasteiger partial charge is 0.371 e. The first-order valence-corrected chi connectivity index (χ1v) is 5.40. The molecular weight excluding hydrogens is 261 g/mol. The fourth-order valence-corrected chi connectivity index (χ4v) is 1.77. The topological polar surface area (TPSA) is 12.0 Å². The Hall–Kier alpha value is -0.650. The predicted molar refractivity (Wildman–Crippen MR) is 65.8 cm³/mol. The van der Waals surface area contributed by atoms with Gasteiger partial charge in [0.05, 0.1) is 11.7 Å². The average Bonchev–Trinajstić information content (AvgIpc) is 2.14. The molecule has 1 rings (SSSR count). The Morgan fingerprint density at radius 1 is 1.57 bits per heavy atom. The Kier molecular flexibility index (Phi) is 3.86. The van der Waals surface area contributed by atoms with Crippen molar-refractivity contribution in [2.75, 3.05) is 5.32 Å². The average molecular weight is 273 g/mol. The Morgan fingerprint density at radius 3 is 2.79 bits per heavy atom. The number of benzene rings is 1. The maximum absolute atomic E-state index is 6.00. The van der Waals surface area contributed by atoms with Crippen molar-refractivity contribution in [2.45, 2.75) is 19.9 Å². The second kappa shape index (κ2) is 4.72. The summed E-state index contributed by atoms with van der Waals surface area (Å²) in [7, 11) is 0. The molecule has 1 N–H and O–H groups in total. The van der Waals surface area contributed by atoms with Crippen molar-refractivity contribution in [3.05, 3.63) is 27.2 Å². The zero-order chi connectivity index (χ0) is 10.7. The summed E-state index contributed by atoms with van der Waals surface area (Å²) in [5, 5.41) is 3.90. The molecule has 0 aliphatic rings. The SMILES string of the molecule is C#CC(C)Nc1cc(Cl)c(C)cc1Br. The standard InChI is InChI=1S/C11H11BrClN/c1-4-8(3)14-11-6-10(13)7(2)5-9(11)12/h1,5-6,8,14H,2-3H3. The Bertz CT molecular complexity index is 382. The van der Waals surface area contributed by atoms with Gasteiger partial charge in [-0.05, 0) is 47.5 Å². The van der Waals surface area contributed by atoms with Gasteiger partial charge in [0.15, 0.2) is 0 Å². The summed E-state index contributed by atoms with van der Waals surface area (Å²) >= 11 is 9.45. The summed E-state index contributed by atoms with van der Waals surface area (Å²) in [6.07, 6.45) is 5.28. The van der Waals surface area contributed by atoms with E-state index >= 15 is 0 Å². The van der Waals surface area contributed by atoms with Crippen molar-refractivity contribution in [3.63, 3.8) is 0 Å². The van der Waals surface area contributed by atoms with Gasteiger partial charge in [0.1, 0.15) is 0 Å². The highest BCUT2D eigenvalue weighted by atomic mass is 79.9. The molecule has 0 aromatic heterocycles. The molecule has 0 saturated heterocycles. The first-order valence-electron chi connectivity index (χ1n) is 4.23. The number of hydrogen-bond acceptors (Lipinski definition) is 1. The van der Waals surface area contributed by atoms with Gasteiger partial charge in [-0.2, -0.15) is 0 Å². The molecule has 0 bridgehead atoms. The van der Waals surface area contributed by atoms with Crippen LogP contribution in [0.3, 0.4) is 0 Å². The highest BCUT2D eigenvalue weighted by Crippen LogP contribution is 2.29. The molecule has 1 aromatic rings. The molecular formula is C11H11BrClN. The number of hydrogen-bond donors (Lipinski definition) is 1. The molecule has 1 atom stereocenters. The second-order valence-corrected chi connectivity index (χ2v) is 4.38. The number of halogens is 2. The molecule has 3 heteroatoms. The van der Waals surface area contributed by atoms with Crippen LogP contribution in [0.2, 0.25) is 5.02 Å². The van der Waals surface area contributed by atoms with Crippen molar-refractivity contribution >= 4 is 33.2 Å². The zero-order valence-corrected chi connectivity index (χ0v) is 10.4. The fourth-order valence-electron chi connectivity index (χ4n) is 1.03. The monoisotopic (exact) mass is 271 g/mol. The van der Waals surface area contributed by atoms with E-state index in [1.165, 1.54) is 0 Å². The number of nitrogens with one attached hydrogen (secondary N) is 1. The predicted octanol–water partition coefficient (Wildman–Crippen LogP) is 3.84. The summed E-state index contributed by atoms with van der Waals surface area (Å²) in [4.78, 5) is 0. The van der Waals surface area contributed by atoms with Crippen LogP contribution in [-0.2, 0) is 0 Å². The second-order valence-electron chi connectivity index (χ2n) is 3.11. The molecule has 0 spiro atoms. The van der Waals surface area contributed by atoms with Crippen LogP contribution in [-0.4, -0.2) is 6.04 Å². The third-order valence-corrected chi connectivity index (χ3v) is 2.93. The van der Waals surface area contributed by atoms with E-state index < -0.39 is 0 Å². The first-order chi connectivity index (χ1) is 6.54. The lowest BCUT2D eigenvalue weighted by atomic mass is 10.2. The van der Waals surface area contributed by atoms with Crippen LogP contribution in [0.25, 0.3) is 0 Å². The summed E-state index contributed by atoms with van der Waals surface area (Å²) in [6, 6.07) is 3.83. The van der Waals surface area contributed by atoms with Gasteiger partial charge < -0.3 is 5.32 Å². The molecule has 0 heterocycles. The van der Waals surface area contributed by atoms with Gasteiger partial charge in [-0.15, -0.1) is 6.42 Å². The minimum atomic E-state index is -0.00919. The third-order valence-electron chi connectivity index (χ3n) is 1.87. The van der Waals surface area contributed by atoms with Gasteiger partial charge in [-0.25, -0.2) is 0 Å². The van der Waals surface area contributed by atoms with Gasteiger partial charge in [-0.1, -0.05) is 17.5 Å². The lowest BCUT2D eigenvalue weighted by Gasteiger charge is -2.12. The number of aryl methyl sites for hydroxylation is 1. The number of anilines is 1. The minimum Gasteiger partial charge on any atom is -0.371 e. The normalized spacial score (nSPS) is 11.9. The minimum absolute atomic E-state index is 0.00919. The van der Waals surface area contributed by atoms with Crippen molar-refractivity contribution in [1.29, 1.82) is 0 Å². The first kappa shape index (κ1) is 11.4.